The summed E-state index contributed by atoms with van der Waals surface area (Å²) in [6, 6.07) is 0. The van der Waals surface area contributed by atoms with E-state index in [1.54, 1.807) is 0 Å². The highest BCUT2D eigenvalue weighted by Crippen LogP contribution is 2.36. The average molecular weight is 392 g/mol. The van der Waals surface area contributed by atoms with Gasteiger partial charge < -0.3 is 11.5 Å². The molecule has 0 aliphatic carbocycles. The van der Waals surface area contributed by atoms with Crippen molar-refractivity contribution in [1.29, 1.82) is 0 Å². The molecule has 0 aliphatic heterocycles. The van der Waals surface area contributed by atoms with Crippen molar-refractivity contribution in [2.24, 2.45) is 20.5 Å². The first-order valence-electron chi connectivity index (χ1n) is 6.53. The lowest BCUT2D eigenvalue weighted by molar-refractivity contribution is 0.297. The van der Waals surface area contributed by atoms with E-state index < -0.39 is 0 Å². The molecule has 4 N–H and O–H groups in total. The Morgan fingerprint density at radius 2 is 0.889 bits per heavy atom. The van der Waals surface area contributed by atoms with Crippen molar-refractivity contribution >= 4 is 46.7 Å². The molecule has 4 heterocycles. The Morgan fingerprint density at radius 3 is 1.30 bits per heavy atom. The Hall–Kier alpha value is -4.29. The third kappa shape index (κ3) is 3.41. The number of nitrogens with zero attached hydrogens (tertiary/aromatic N) is 12. The van der Waals surface area contributed by atoms with Gasteiger partial charge in [0.1, 0.15) is 0 Å². The van der Waals surface area contributed by atoms with E-state index in [1.165, 1.54) is 0 Å². The summed E-state index contributed by atoms with van der Waals surface area (Å²) in [5.74, 6) is -0.170. The summed E-state index contributed by atoms with van der Waals surface area (Å²) in [7, 11) is 0. The molecule has 4 aromatic rings. The molecule has 19 heteroatoms. The third-order valence-electron chi connectivity index (χ3n) is 2.55. The maximum atomic E-state index is 5.47. The molecule has 0 spiro atoms. The molecule has 0 saturated heterocycles. The second-order valence-corrected chi connectivity index (χ2v) is 5.21. The molecule has 0 aliphatic rings. The zero-order valence-electron chi connectivity index (χ0n) is 12.6. The molecule has 18 nitrogen and oxygen atoms in total. The lowest BCUT2D eigenvalue weighted by atomic mass is 10.7. The maximum Gasteiger partial charge on any atom is 0.261 e. The molecule has 0 unspecified atom stereocenters. The molecule has 0 aromatic carbocycles. The molecule has 4 aromatic heterocycles. The van der Waals surface area contributed by atoms with Crippen molar-refractivity contribution < 1.29 is 18.5 Å². The number of azo groups is 2. The lowest BCUT2D eigenvalue weighted by Gasteiger charge is -1.90. The molecular weight excluding hydrogens is 388 g/mol. The van der Waals surface area contributed by atoms with Crippen LogP contribution in [0.15, 0.2) is 49.0 Å². The Kier molecular flexibility index (Phi) is 4.14. The summed E-state index contributed by atoms with van der Waals surface area (Å²) in [5.41, 5.74) is 10.9. The molecule has 0 fully saturated rings. The monoisotopic (exact) mass is 392 g/mol. The molecule has 0 saturated carbocycles. The van der Waals surface area contributed by atoms with Crippen LogP contribution in [0.5, 0.6) is 0 Å². The Morgan fingerprint density at radius 1 is 0.519 bits per heavy atom. The lowest BCUT2D eigenvalue weighted by Crippen LogP contribution is -1.82. The summed E-state index contributed by atoms with van der Waals surface area (Å²) in [5, 5.41) is 43.5. The molecule has 27 heavy (non-hydrogen) atoms. The predicted octanol–water partition coefficient (Wildman–Crippen LogP) is 1.36. The highest BCUT2D eigenvalue weighted by molar-refractivity contribution is 7.99. The van der Waals surface area contributed by atoms with Gasteiger partial charge in [-0.2, -0.15) is 0 Å². The van der Waals surface area contributed by atoms with E-state index in [4.69, 9.17) is 11.5 Å². The van der Waals surface area contributed by atoms with E-state index in [0.29, 0.717) is 0 Å². The van der Waals surface area contributed by atoms with Crippen molar-refractivity contribution in [2.45, 2.75) is 10.1 Å². The molecule has 0 radical (unpaired) electrons. The quantitative estimate of drug-likeness (QED) is 0.439. The van der Waals surface area contributed by atoms with E-state index in [0.717, 1.165) is 11.8 Å². The minimum absolute atomic E-state index is 0.00163. The highest BCUT2D eigenvalue weighted by Gasteiger charge is 2.19. The van der Waals surface area contributed by atoms with Gasteiger partial charge in [0.15, 0.2) is 10.1 Å². The molecular formula is C8H4N14O4S. The first kappa shape index (κ1) is 16.2. The van der Waals surface area contributed by atoms with E-state index in [1.807, 2.05) is 0 Å². The molecule has 136 valence electrons. The summed E-state index contributed by atoms with van der Waals surface area (Å²) < 4.78 is 18.0. The van der Waals surface area contributed by atoms with Crippen molar-refractivity contribution in [3.8, 4) is 0 Å². The van der Waals surface area contributed by atoms with Crippen LogP contribution in [0.4, 0.5) is 34.9 Å². The van der Waals surface area contributed by atoms with Gasteiger partial charge in [0.25, 0.3) is 23.3 Å². The van der Waals surface area contributed by atoms with Crippen LogP contribution in [0.3, 0.4) is 0 Å². The zero-order valence-corrected chi connectivity index (χ0v) is 13.4. The van der Waals surface area contributed by atoms with Crippen LogP contribution in [0.25, 0.3) is 0 Å². The van der Waals surface area contributed by atoms with E-state index >= 15 is 0 Å². The Bertz CT molecular complexity index is 1020. The van der Waals surface area contributed by atoms with Gasteiger partial charge in [-0.05, 0) is 53.0 Å². The van der Waals surface area contributed by atoms with Crippen molar-refractivity contribution in [1.82, 2.24) is 41.3 Å². The zero-order chi connectivity index (χ0) is 18.6. The number of anilines is 2. The van der Waals surface area contributed by atoms with Gasteiger partial charge in [-0.15, -0.1) is 20.5 Å². The average Bonchev–Trinajstić information content (AvgIpc) is 3.43. The van der Waals surface area contributed by atoms with Crippen LogP contribution in [-0.4, -0.2) is 41.3 Å². The van der Waals surface area contributed by atoms with Crippen LogP contribution in [0.2, 0.25) is 0 Å². The number of aromatic nitrogens is 8. The van der Waals surface area contributed by atoms with Crippen LogP contribution < -0.4 is 11.5 Å². The normalized spacial score (nSPS) is 11.9. The van der Waals surface area contributed by atoms with Crippen molar-refractivity contribution in [3.63, 3.8) is 0 Å². The van der Waals surface area contributed by atoms with Gasteiger partial charge in [0.2, 0.25) is 11.6 Å². The standard InChI is InChI=1S/C8H4N14O4S/c9-1-3(17-23-15-1)11-13-5-7(21-25-19-5)27-8-6(20-26-22-8)14-12-4-2(10)16-24-18-4/h(H2,9,15)(H2,10,16). The fourth-order valence-electron chi connectivity index (χ4n) is 1.40. The SMILES string of the molecule is Nc1nonc1N=Nc1nonc1Sc1nonc1N=Nc1nonc1N. The van der Waals surface area contributed by atoms with Crippen molar-refractivity contribution in [2.75, 3.05) is 11.5 Å². The largest absolute Gasteiger partial charge is 0.378 e. The van der Waals surface area contributed by atoms with Gasteiger partial charge in [-0.1, -0.05) is 0 Å². The van der Waals surface area contributed by atoms with E-state index in [2.05, 4.69) is 80.2 Å². The molecule has 0 bridgehead atoms. The molecule has 4 rings (SSSR count). The second-order valence-electron chi connectivity index (χ2n) is 4.23. The van der Waals surface area contributed by atoms with Gasteiger partial charge >= 0.3 is 0 Å². The second kappa shape index (κ2) is 6.91. The van der Waals surface area contributed by atoms with Crippen LogP contribution >= 0.6 is 11.8 Å². The number of hydrogen-bond donors (Lipinski definition) is 2. The first-order valence-corrected chi connectivity index (χ1v) is 7.35. The third-order valence-corrected chi connectivity index (χ3v) is 3.45. The summed E-state index contributed by atoms with van der Waals surface area (Å²) in [6.07, 6.45) is 0. The van der Waals surface area contributed by atoms with Gasteiger partial charge in [-0.3, -0.25) is 0 Å². The number of hydrogen-bond acceptors (Lipinski definition) is 19. The Balaban J connectivity index is 1.53. The Labute approximate surface area is 149 Å². The summed E-state index contributed by atoms with van der Waals surface area (Å²) in [6.45, 7) is 0. The number of nitrogens with two attached hydrogens (primary N) is 2. The predicted molar refractivity (Wildman–Crippen MR) is 78.5 cm³/mol. The van der Waals surface area contributed by atoms with Gasteiger partial charge in [0.05, 0.1) is 0 Å². The molecule has 0 atom stereocenters. The van der Waals surface area contributed by atoms with Crippen LogP contribution in [0, 0.1) is 0 Å². The van der Waals surface area contributed by atoms with Crippen molar-refractivity contribution in [3.05, 3.63) is 0 Å². The highest BCUT2D eigenvalue weighted by atomic mass is 32.2. The van der Waals surface area contributed by atoms with E-state index in [-0.39, 0.29) is 45.0 Å². The van der Waals surface area contributed by atoms with E-state index in [9.17, 15) is 0 Å². The fourth-order valence-corrected chi connectivity index (χ4v) is 2.07. The maximum absolute atomic E-state index is 5.47. The fraction of sp³-hybridized carbons (Fsp3) is 0. The summed E-state index contributed by atoms with van der Waals surface area (Å²) >= 11 is 0.913. The summed E-state index contributed by atoms with van der Waals surface area (Å²) in [4.78, 5) is 0. The topological polar surface area (TPSA) is 257 Å². The number of rotatable bonds is 6. The van der Waals surface area contributed by atoms with Crippen LogP contribution in [0.1, 0.15) is 0 Å². The number of nitrogen functional groups attached to an aromatic ring is 2. The van der Waals surface area contributed by atoms with Gasteiger partial charge in [0, 0.05) is 0 Å². The minimum Gasteiger partial charge on any atom is -0.378 e. The minimum atomic E-state index is -0.0468. The van der Waals surface area contributed by atoms with Crippen LogP contribution in [-0.2, 0) is 0 Å². The van der Waals surface area contributed by atoms with Gasteiger partial charge in [-0.25, -0.2) is 18.5 Å². The first-order chi connectivity index (χ1) is 13.2. The molecule has 0 amide bonds. The smallest absolute Gasteiger partial charge is 0.261 e.